The van der Waals surface area contributed by atoms with Crippen molar-refractivity contribution in [3.8, 4) is 5.75 Å². The largest absolute Gasteiger partial charge is 0.423 e. The lowest BCUT2D eigenvalue weighted by Crippen LogP contribution is -2.27. The molecule has 1 saturated heterocycles. The van der Waals surface area contributed by atoms with E-state index in [1.54, 1.807) is 24.3 Å². The zero-order valence-electron chi connectivity index (χ0n) is 20.0. The average molecular weight is 457 g/mol. The number of hydrogen-bond acceptors (Lipinski definition) is 4. The lowest BCUT2D eigenvalue weighted by molar-refractivity contribution is -0.207. The summed E-state index contributed by atoms with van der Waals surface area (Å²) in [5.74, 6) is -0.312. The van der Waals surface area contributed by atoms with Crippen molar-refractivity contribution >= 4 is 5.97 Å². The van der Waals surface area contributed by atoms with Gasteiger partial charge >= 0.3 is 5.97 Å². The Balaban J connectivity index is 1.48. The molecule has 1 aliphatic rings. The molecule has 1 heterocycles. The maximum Gasteiger partial charge on any atom is 0.343 e. The molecule has 0 aliphatic carbocycles. The zero-order valence-corrected chi connectivity index (χ0v) is 20.0. The van der Waals surface area contributed by atoms with Gasteiger partial charge in [-0.1, -0.05) is 70.6 Å². The summed E-state index contributed by atoms with van der Waals surface area (Å²) in [6.07, 6.45) is 9.98. The predicted molar refractivity (Wildman–Crippen MR) is 128 cm³/mol. The van der Waals surface area contributed by atoms with Gasteiger partial charge in [0, 0.05) is 11.5 Å². The Bertz CT molecular complexity index is 857. The molecular weight excluding hydrogens is 419 g/mol. The molecule has 1 fully saturated rings. The van der Waals surface area contributed by atoms with Crippen LogP contribution in [0.2, 0.25) is 0 Å². The summed E-state index contributed by atoms with van der Waals surface area (Å²) in [5, 5.41) is 0. The van der Waals surface area contributed by atoms with E-state index in [0.29, 0.717) is 30.4 Å². The maximum absolute atomic E-state index is 14.7. The van der Waals surface area contributed by atoms with E-state index in [-0.39, 0.29) is 5.56 Å². The highest BCUT2D eigenvalue weighted by Crippen LogP contribution is 2.29. The predicted octanol–water partition coefficient (Wildman–Crippen LogP) is 7.41. The highest BCUT2D eigenvalue weighted by atomic mass is 19.1. The summed E-state index contributed by atoms with van der Waals surface area (Å²) in [5.41, 5.74) is 1.70. The molecule has 0 unspecified atom stereocenters. The molecule has 2 aromatic rings. The molecule has 0 aromatic heterocycles. The number of unbranched alkanes of at least 4 members (excludes halogenated alkanes) is 5. The fraction of sp³-hybridized carbons (Fsp3) is 0.536. The minimum Gasteiger partial charge on any atom is -0.423 e. The Kier molecular flexibility index (Phi) is 10.4. The van der Waals surface area contributed by atoms with Crippen molar-refractivity contribution in [2.75, 3.05) is 13.2 Å². The molecular formula is C28H37FO4. The van der Waals surface area contributed by atoms with Gasteiger partial charge in [0.05, 0.1) is 18.8 Å². The second-order valence-corrected chi connectivity index (χ2v) is 8.94. The third-order valence-electron chi connectivity index (χ3n) is 6.11. The molecule has 0 N–H and O–H groups in total. The summed E-state index contributed by atoms with van der Waals surface area (Å²) in [6, 6.07) is 11.9. The van der Waals surface area contributed by atoms with Gasteiger partial charge in [-0.2, -0.15) is 0 Å². The molecule has 0 bridgehead atoms. The summed E-state index contributed by atoms with van der Waals surface area (Å²) in [4.78, 5) is 12.5. The van der Waals surface area contributed by atoms with Gasteiger partial charge in [-0.15, -0.1) is 0 Å². The Labute approximate surface area is 197 Å². The number of benzene rings is 2. The van der Waals surface area contributed by atoms with Crippen LogP contribution in [0, 0.1) is 11.7 Å². The van der Waals surface area contributed by atoms with Gasteiger partial charge in [-0.3, -0.25) is 0 Å². The van der Waals surface area contributed by atoms with E-state index < -0.39 is 18.1 Å². The highest BCUT2D eigenvalue weighted by molar-refractivity contribution is 5.91. The van der Waals surface area contributed by atoms with Crippen LogP contribution in [0.1, 0.15) is 93.0 Å². The van der Waals surface area contributed by atoms with Gasteiger partial charge in [-0.05, 0) is 49.1 Å². The standard InChI is InChI=1S/C28H37FO4/c1-3-5-6-7-8-9-11-21-12-15-24(16-13-21)33-27(30)23-14-17-25(26(29)18-23)28-31-19-22(10-4-2)20-32-28/h12-18,22,28H,3-11,19-20H2,1-2H3. The van der Waals surface area contributed by atoms with Crippen LogP contribution in [-0.4, -0.2) is 19.2 Å². The van der Waals surface area contributed by atoms with E-state index >= 15 is 0 Å². The number of hydrogen-bond donors (Lipinski definition) is 0. The van der Waals surface area contributed by atoms with E-state index in [9.17, 15) is 9.18 Å². The van der Waals surface area contributed by atoms with E-state index in [1.165, 1.54) is 50.2 Å². The molecule has 0 atom stereocenters. The van der Waals surface area contributed by atoms with Gasteiger partial charge in [0.25, 0.3) is 0 Å². The van der Waals surface area contributed by atoms with Gasteiger partial charge in [0.15, 0.2) is 6.29 Å². The first-order chi connectivity index (χ1) is 16.1. The summed E-state index contributed by atoms with van der Waals surface area (Å²) in [7, 11) is 0. The van der Waals surface area contributed by atoms with Crippen LogP contribution in [0.25, 0.3) is 0 Å². The first-order valence-electron chi connectivity index (χ1n) is 12.4. The van der Waals surface area contributed by atoms with Crippen molar-refractivity contribution in [2.24, 2.45) is 5.92 Å². The van der Waals surface area contributed by atoms with Gasteiger partial charge in [-0.25, -0.2) is 9.18 Å². The normalized spacial score (nSPS) is 18.3. The Morgan fingerprint density at radius 1 is 0.939 bits per heavy atom. The molecule has 33 heavy (non-hydrogen) atoms. The van der Waals surface area contributed by atoms with Crippen molar-refractivity contribution in [3.63, 3.8) is 0 Å². The lowest BCUT2D eigenvalue weighted by Gasteiger charge is -2.29. The number of aryl methyl sites for hydroxylation is 1. The van der Waals surface area contributed by atoms with Gasteiger partial charge < -0.3 is 14.2 Å². The van der Waals surface area contributed by atoms with Crippen molar-refractivity contribution in [3.05, 3.63) is 65.0 Å². The second kappa shape index (κ2) is 13.5. The van der Waals surface area contributed by atoms with Crippen LogP contribution < -0.4 is 4.74 Å². The number of carbonyl (C=O) groups excluding carboxylic acids is 1. The Morgan fingerprint density at radius 3 is 2.30 bits per heavy atom. The monoisotopic (exact) mass is 456 g/mol. The van der Waals surface area contributed by atoms with Crippen molar-refractivity contribution in [1.29, 1.82) is 0 Å². The Hall–Kier alpha value is -2.24. The summed E-state index contributed by atoms with van der Waals surface area (Å²) in [6.45, 7) is 5.45. The van der Waals surface area contributed by atoms with Crippen LogP contribution in [0.15, 0.2) is 42.5 Å². The number of halogens is 1. The first-order valence-corrected chi connectivity index (χ1v) is 12.4. The number of rotatable bonds is 12. The molecule has 180 valence electrons. The van der Waals surface area contributed by atoms with E-state index in [2.05, 4.69) is 13.8 Å². The fourth-order valence-electron chi connectivity index (χ4n) is 4.14. The quantitative estimate of drug-likeness (QED) is 0.189. The minimum absolute atomic E-state index is 0.159. The molecule has 2 aromatic carbocycles. The second-order valence-electron chi connectivity index (χ2n) is 8.94. The molecule has 5 heteroatoms. The smallest absolute Gasteiger partial charge is 0.343 e. The van der Waals surface area contributed by atoms with Crippen LogP contribution in [-0.2, 0) is 15.9 Å². The van der Waals surface area contributed by atoms with E-state index in [4.69, 9.17) is 14.2 Å². The van der Waals surface area contributed by atoms with Gasteiger partial charge in [0.2, 0.25) is 0 Å². The van der Waals surface area contributed by atoms with E-state index in [0.717, 1.165) is 19.3 Å². The van der Waals surface area contributed by atoms with Crippen LogP contribution in [0.3, 0.4) is 0 Å². The molecule has 0 spiro atoms. The van der Waals surface area contributed by atoms with Crippen molar-refractivity contribution < 1.29 is 23.4 Å². The number of esters is 1. The SMILES string of the molecule is CCCCCCCCc1ccc(OC(=O)c2ccc(C3OCC(CCC)CO3)c(F)c2)cc1. The average Bonchev–Trinajstić information content (AvgIpc) is 2.83. The fourth-order valence-corrected chi connectivity index (χ4v) is 4.14. The van der Waals surface area contributed by atoms with Crippen LogP contribution >= 0.6 is 0 Å². The molecule has 4 nitrogen and oxygen atoms in total. The molecule has 1 aliphatic heterocycles. The van der Waals surface area contributed by atoms with Gasteiger partial charge in [0.1, 0.15) is 11.6 Å². The highest BCUT2D eigenvalue weighted by Gasteiger charge is 2.26. The molecule has 0 saturated carbocycles. The summed E-state index contributed by atoms with van der Waals surface area (Å²) >= 11 is 0. The molecule has 0 radical (unpaired) electrons. The third kappa shape index (κ3) is 7.94. The number of ether oxygens (including phenoxy) is 3. The Morgan fingerprint density at radius 2 is 1.64 bits per heavy atom. The van der Waals surface area contributed by atoms with E-state index in [1.807, 2.05) is 12.1 Å². The minimum atomic E-state index is -0.734. The zero-order chi connectivity index (χ0) is 23.5. The molecule has 0 amide bonds. The molecule has 3 rings (SSSR count). The topological polar surface area (TPSA) is 44.8 Å². The summed E-state index contributed by atoms with van der Waals surface area (Å²) < 4.78 is 31.5. The number of carbonyl (C=O) groups is 1. The van der Waals surface area contributed by atoms with Crippen molar-refractivity contribution in [1.82, 2.24) is 0 Å². The maximum atomic E-state index is 14.7. The van der Waals surface area contributed by atoms with Crippen molar-refractivity contribution in [2.45, 2.75) is 77.9 Å². The van der Waals surface area contributed by atoms with Crippen LogP contribution in [0.4, 0.5) is 4.39 Å². The lowest BCUT2D eigenvalue weighted by atomic mass is 10.0. The first kappa shape index (κ1) is 25.4. The van der Waals surface area contributed by atoms with Crippen LogP contribution in [0.5, 0.6) is 5.75 Å². The third-order valence-corrected chi connectivity index (χ3v) is 6.11.